The average molecular weight is 465 g/mol. The highest BCUT2D eigenvalue weighted by molar-refractivity contribution is 5.88. The Morgan fingerprint density at radius 2 is 1.53 bits per heavy atom. The quantitative estimate of drug-likeness (QED) is 0.590. The van der Waals surface area contributed by atoms with Gasteiger partial charge in [-0.15, -0.1) is 26.3 Å². The van der Waals surface area contributed by atoms with Crippen LogP contribution in [-0.2, 0) is 4.74 Å². The van der Waals surface area contributed by atoms with E-state index in [-0.39, 0.29) is 24.3 Å². The fraction of sp³-hybridized carbons (Fsp3) is 0.350. The molecule has 2 atom stereocenters. The van der Waals surface area contributed by atoms with Crippen LogP contribution in [0.25, 0.3) is 0 Å². The van der Waals surface area contributed by atoms with Crippen molar-refractivity contribution in [3.05, 3.63) is 54.1 Å². The number of benzene rings is 2. The van der Waals surface area contributed by atoms with Crippen molar-refractivity contribution >= 4 is 11.7 Å². The molecule has 2 aromatic rings. The zero-order valence-corrected chi connectivity index (χ0v) is 16.2. The normalized spacial score (nSPS) is 19.1. The maximum absolute atomic E-state index is 12.6. The minimum absolute atomic E-state index is 0.0185. The summed E-state index contributed by atoms with van der Waals surface area (Å²) in [6.45, 7) is -0.526. The third-order valence-corrected chi connectivity index (χ3v) is 4.62. The molecule has 1 aliphatic heterocycles. The second kappa shape index (κ2) is 9.15. The van der Waals surface area contributed by atoms with Gasteiger partial charge in [0, 0.05) is 12.1 Å². The first-order valence-electron chi connectivity index (χ1n) is 9.23. The predicted octanol–water partition coefficient (Wildman–Crippen LogP) is 4.85. The topological polar surface area (TPSA) is 68.2 Å². The lowest BCUT2D eigenvalue weighted by Crippen LogP contribution is -2.35. The second-order valence-electron chi connectivity index (χ2n) is 6.91. The van der Waals surface area contributed by atoms with Crippen LogP contribution in [0.2, 0.25) is 0 Å². The number of alkyl halides is 6. The zero-order valence-electron chi connectivity index (χ0n) is 16.2. The molecule has 0 saturated carbocycles. The molecule has 1 fully saturated rings. The van der Waals surface area contributed by atoms with Crippen LogP contribution in [0.5, 0.6) is 11.5 Å². The van der Waals surface area contributed by atoms with Crippen LogP contribution in [0.15, 0.2) is 48.5 Å². The van der Waals surface area contributed by atoms with E-state index in [1.54, 1.807) is 4.90 Å². The first-order valence-corrected chi connectivity index (χ1v) is 9.23. The molecule has 174 valence electrons. The van der Waals surface area contributed by atoms with Crippen LogP contribution in [0.4, 0.5) is 32.0 Å². The van der Waals surface area contributed by atoms with Crippen LogP contribution in [0, 0.1) is 0 Å². The van der Waals surface area contributed by atoms with Gasteiger partial charge < -0.3 is 19.5 Å². The standard InChI is InChI=1S/C20H17F6NO5/c21-19(22,23)30-11-14-9-17(10-27(14)13-3-1-12(2-4-13)18(28)29)31-15-5-7-16(8-6-15)32-20(24,25)26/h1-8,14,17H,9-11H2,(H,28,29)/t14-,17-/m0/s1. The van der Waals surface area contributed by atoms with Crippen molar-refractivity contribution < 1.29 is 50.5 Å². The van der Waals surface area contributed by atoms with E-state index in [0.717, 1.165) is 12.1 Å². The molecule has 0 spiro atoms. The van der Waals surface area contributed by atoms with E-state index in [9.17, 15) is 31.1 Å². The van der Waals surface area contributed by atoms with Crippen molar-refractivity contribution in [2.45, 2.75) is 31.3 Å². The Morgan fingerprint density at radius 3 is 2.06 bits per heavy atom. The van der Waals surface area contributed by atoms with E-state index >= 15 is 0 Å². The van der Waals surface area contributed by atoms with Gasteiger partial charge >= 0.3 is 18.7 Å². The summed E-state index contributed by atoms with van der Waals surface area (Å²) in [5, 5.41) is 9.00. The highest BCUT2D eigenvalue weighted by Crippen LogP contribution is 2.31. The fourth-order valence-electron chi connectivity index (χ4n) is 3.33. The number of carboxylic acid groups (broad SMARTS) is 1. The lowest BCUT2D eigenvalue weighted by atomic mass is 10.1. The predicted molar refractivity (Wildman–Crippen MR) is 98.7 cm³/mol. The third kappa shape index (κ3) is 6.67. The minimum atomic E-state index is -4.84. The molecule has 1 N–H and O–H groups in total. The maximum Gasteiger partial charge on any atom is 0.573 e. The van der Waals surface area contributed by atoms with Gasteiger partial charge in [-0.25, -0.2) is 4.79 Å². The molecule has 12 heteroatoms. The van der Waals surface area contributed by atoms with Gasteiger partial charge in [-0.2, -0.15) is 0 Å². The summed E-state index contributed by atoms with van der Waals surface area (Å²) < 4.78 is 87.9. The SMILES string of the molecule is O=C(O)c1ccc(N2C[C@@H](Oc3ccc(OC(F)(F)F)cc3)C[C@H]2COC(F)(F)F)cc1. The molecule has 0 bridgehead atoms. The summed E-state index contributed by atoms with van der Waals surface area (Å²) in [5.41, 5.74) is 0.496. The van der Waals surface area contributed by atoms with Gasteiger partial charge in [-0.1, -0.05) is 0 Å². The molecule has 6 nitrogen and oxygen atoms in total. The number of hydrogen-bond donors (Lipinski definition) is 1. The number of nitrogens with zero attached hydrogens (tertiary/aromatic N) is 1. The fourth-order valence-corrected chi connectivity index (χ4v) is 3.33. The molecule has 0 radical (unpaired) electrons. The first-order chi connectivity index (χ1) is 14.9. The van der Waals surface area contributed by atoms with Crippen molar-refractivity contribution in [2.24, 2.45) is 0 Å². The van der Waals surface area contributed by atoms with Crippen molar-refractivity contribution in [1.82, 2.24) is 0 Å². The molecule has 32 heavy (non-hydrogen) atoms. The van der Waals surface area contributed by atoms with E-state index in [1.165, 1.54) is 36.4 Å². The van der Waals surface area contributed by atoms with Gasteiger partial charge in [0.05, 0.1) is 24.8 Å². The number of rotatable bonds is 7. The summed E-state index contributed by atoms with van der Waals surface area (Å²) in [7, 11) is 0. The minimum Gasteiger partial charge on any atom is -0.489 e. The van der Waals surface area contributed by atoms with Crippen LogP contribution >= 0.6 is 0 Å². The lowest BCUT2D eigenvalue weighted by Gasteiger charge is -2.26. The number of ether oxygens (including phenoxy) is 3. The van der Waals surface area contributed by atoms with Crippen LogP contribution < -0.4 is 14.4 Å². The number of carbonyl (C=O) groups is 1. The number of halogens is 6. The second-order valence-corrected chi connectivity index (χ2v) is 6.91. The van der Waals surface area contributed by atoms with Crippen molar-refractivity contribution in [3.63, 3.8) is 0 Å². The van der Waals surface area contributed by atoms with Gasteiger partial charge in [0.1, 0.15) is 17.6 Å². The van der Waals surface area contributed by atoms with Gasteiger partial charge in [0.15, 0.2) is 0 Å². The molecule has 0 amide bonds. The smallest absolute Gasteiger partial charge is 0.489 e. The summed E-state index contributed by atoms with van der Waals surface area (Å²) in [5.74, 6) is -1.37. The molecule has 1 heterocycles. The average Bonchev–Trinajstić information content (AvgIpc) is 3.09. The van der Waals surface area contributed by atoms with Crippen molar-refractivity contribution in [3.8, 4) is 11.5 Å². The molecule has 3 rings (SSSR count). The van der Waals surface area contributed by atoms with E-state index in [2.05, 4.69) is 9.47 Å². The lowest BCUT2D eigenvalue weighted by molar-refractivity contribution is -0.325. The molecule has 0 aliphatic carbocycles. The monoisotopic (exact) mass is 465 g/mol. The van der Waals surface area contributed by atoms with Crippen molar-refractivity contribution in [2.75, 3.05) is 18.1 Å². The Hall–Kier alpha value is -3.15. The third-order valence-electron chi connectivity index (χ3n) is 4.62. The summed E-state index contributed by atoms with van der Waals surface area (Å²) in [6.07, 6.45) is -10.1. The Morgan fingerprint density at radius 1 is 0.938 bits per heavy atom. The Kier molecular flexibility index (Phi) is 6.72. The molecule has 1 saturated heterocycles. The Balaban J connectivity index is 1.71. The highest BCUT2D eigenvalue weighted by atomic mass is 19.4. The number of hydrogen-bond acceptors (Lipinski definition) is 5. The Labute approximate surface area is 177 Å². The van der Waals surface area contributed by atoms with Crippen LogP contribution in [-0.4, -0.2) is 49.1 Å². The van der Waals surface area contributed by atoms with E-state index < -0.39 is 43.2 Å². The molecular weight excluding hydrogens is 448 g/mol. The molecular formula is C20H17F6NO5. The summed E-state index contributed by atoms with van der Waals surface area (Å²) in [6, 6.07) is 9.49. The van der Waals surface area contributed by atoms with Gasteiger partial charge in [0.2, 0.25) is 0 Å². The van der Waals surface area contributed by atoms with Gasteiger partial charge in [0.25, 0.3) is 0 Å². The zero-order chi connectivity index (χ0) is 23.5. The maximum atomic E-state index is 12.6. The molecule has 0 unspecified atom stereocenters. The van der Waals surface area contributed by atoms with E-state index in [0.29, 0.717) is 5.69 Å². The van der Waals surface area contributed by atoms with Gasteiger partial charge in [-0.3, -0.25) is 4.74 Å². The number of carboxylic acids is 1. The van der Waals surface area contributed by atoms with Crippen LogP contribution in [0.3, 0.4) is 0 Å². The van der Waals surface area contributed by atoms with E-state index in [4.69, 9.17) is 9.84 Å². The van der Waals surface area contributed by atoms with E-state index in [1.807, 2.05) is 0 Å². The van der Waals surface area contributed by atoms with Gasteiger partial charge in [-0.05, 0) is 48.5 Å². The number of anilines is 1. The molecule has 1 aliphatic rings. The Bertz CT molecular complexity index is 914. The summed E-state index contributed by atoms with van der Waals surface area (Å²) in [4.78, 5) is 12.6. The number of aromatic carboxylic acids is 1. The highest BCUT2D eigenvalue weighted by Gasteiger charge is 2.38. The summed E-state index contributed by atoms with van der Waals surface area (Å²) >= 11 is 0. The molecule has 2 aromatic carbocycles. The largest absolute Gasteiger partial charge is 0.573 e. The van der Waals surface area contributed by atoms with Crippen LogP contribution in [0.1, 0.15) is 16.8 Å². The molecule has 0 aromatic heterocycles. The van der Waals surface area contributed by atoms with Crippen molar-refractivity contribution in [1.29, 1.82) is 0 Å². The first kappa shape index (κ1) is 23.5.